The number of hydrogen-bond donors (Lipinski definition) is 2. The first-order valence-corrected chi connectivity index (χ1v) is 37.5. The van der Waals surface area contributed by atoms with Gasteiger partial charge < -0.3 is 29.1 Å². The van der Waals surface area contributed by atoms with Crippen LogP contribution >= 0.6 is 0 Å². The van der Waals surface area contributed by atoms with Crippen LogP contribution in [0.2, 0.25) is 0 Å². The Morgan fingerprint density at radius 2 is 1.08 bits per heavy atom. The smallest absolute Gasteiger partial charge is 0.381 e. The summed E-state index contributed by atoms with van der Waals surface area (Å²) in [6.07, 6.45) is 11.2. The SMILES string of the molecule is CCCCC(CC)Cc1cccc2c(C(=NOC(C)=O)c3ccc(OCC(F)(F)C(F)(F)C(F)(F)C(F)(F)COc4ccc(C(=O)c5cc6c7cc(C(CC(C)CC(C)(C)C)=NO)ccc7n(CC(CC)CCCC)c6c6ccccc56)cc4)cc3)cc3c4cc(C(=O)CC(C)CC(C)(C)C)ccc4[nH]c3c12. The zero-order chi connectivity index (χ0) is 77.7. The van der Waals surface area contributed by atoms with Crippen LogP contribution in [0.25, 0.3) is 65.2 Å². The molecule has 10 rings (SSSR count). The van der Waals surface area contributed by atoms with E-state index in [1.54, 1.807) is 18.2 Å². The van der Waals surface area contributed by atoms with Crippen LogP contribution in [0.15, 0.2) is 150 Å². The second-order valence-corrected chi connectivity index (χ2v) is 32.0. The number of carbonyl (C=O) groups excluding carboxylic acids is 3. The number of H-pyrrole nitrogens is 1. The summed E-state index contributed by atoms with van der Waals surface area (Å²) in [4.78, 5) is 50.2. The van der Waals surface area contributed by atoms with Crippen molar-refractivity contribution in [2.45, 2.75) is 204 Å². The third kappa shape index (κ3) is 17.7. The van der Waals surface area contributed by atoms with Gasteiger partial charge in [0.2, 0.25) is 0 Å². The number of nitrogens with zero attached hydrogens (tertiary/aromatic N) is 3. The van der Waals surface area contributed by atoms with E-state index >= 15 is 35.1 Å². The van der Waals surface area contributed by atoms with E-state index in [0.29, 0.717) is 76.2 Å². The fourth-order valence-electron chi connectivity index (χ4n) is 15.5. The molecule has 10 aromatic rings. The molecule has 2 aromatic heterocycles. The average Bonchev–Trinajstić information content (AvgIpc) is 1.59. The Kier molecular flexibility index (Phi) is 24.6. The lowest BCUT2D eigenvalue weighted by Crippen LogP contribution is -2.65. The highest BCUT2D eigenvalue weighted by Crippen LogP contribution is 2.53. The third-order valence-electron chi connectivity index (χ3n) is 20.7. The molecular weight excluding hydrogens is 1380 g/mol. The molecule has 0 aliphatic rings. The summed E-state index contributed by atoms with van der Waals surface area (Å²) in [5.74, 6) is -26.8. The molecule has 0 fully saturated rings. The van der Waals surface area contributed by atoms with Crippen molar-refractivity contribution in [3.05, 3.63) is 178 Å². The van der Waals surface area contributed by atoms with Crippen molar-refractivity contribution >= 4 is 94.1 Å². The van der Waals surface area contributed by atoms with Gasteiger partial charge in [-0.15, -0.1) is 0 Å². The third-order valence-corrected chi connectivity index (χ3v) is 20.7. The van der Waals surface area contributed by atoms with Crippen molar-refractivity contribution in [3.63, 3.8) is 0 Å². The molecule has 2 N–H and O–H groups in total. The van der Waals surface area contributed by atoms with Gasteiger partial charge in [-0.25, -0.2) is 4.79 Å². The van der Waals surface area contributed by atoms with Crippen LogP contribution in [-0.4, -0.2) is 80.6 Å². The van der Waals surface area contributed by atoms with Gasteiger partial charge in [0.1, 0.15) is 17.2 Å². The van der Waals surface area contributed by atoms with Gasteiger partial charge in [0, 0.05) is 96.6 Å². The van der Waals surface area contributed by atoms with Crippen molar-refractivity contribution in [1.29, 1.82) is 0 Å². The Labute approximate surface area is 621 Å². The number of fused-ring (bicyclic) bond motifs is 10. The first-order chi connectivity index (χ1) is 50.5. The molecule has 19 heteroatoms. The highest BCUT2D eigenvalue weighted by Gasteiger charge is 2.81. The van der Waals surface area contributed by atoms with Crippen molar-refractivity contribution in [3.8, 4) is 11.5 Å². The molecule has 4 atom stereocenters. The minimum Gasteiger partial charge on any atom is -0.487 e. The van der Waals surface area contributed by atoms with Crippen LogP contribution in [0, 0.1) is 34.5 Å². The topological polar surface area (TPSA) is 145 Å². The minimum absolute atomic E-state index is 0.0137. The summed E-state index contributed by atoms with van der Waals surface area (Å²) < 4.78 is 138. The summed E-state index contributed by atoms with van der Waals surface area (Å²) in [7, 11) is 0. The lowest BCUT2D eigenvalue weighted by Gasteiger charge is -2.36. The van der Waals surface area contributed by atoms with Crippen LogP contribution in [0.1, 0.15) is 216 Å². The number of aromatic nitrogens is 2. The van der Waals surface area contributed by atoms with Gasteiger partial charge in [-0.3, -0.25) is 9.59 Å². The van der Waals surface area contributed by atoms with E-state index in [9.17, 15) is 19.6 Å². The first-order valence-electron chi connectivity index (χ1n) is 37.5. The quantitative estimate of drug-likeness (QED) is 0.0102. The number of nitrogens with one attached hydrogen (secondary N) is 1. The molecule has 2 heterocycles. The van der Waals surface area contributed by atoms with Crippen LogP contribution in [-0.2, 0) is 22.6 Å². The van der Waals surface area contributed by atoms with E-state index in [-0.39, 0.29) is 50.9 Å². The fourth-order valence-corrected chi connectivity index (χ4v) is 15.5. The molecular formula is C88H100F8N4O7. The van der Waals surface area contributed by atoms with E-state index in [1.165, 1.54) is 24.3 Å². The Morgan fingerprint density at radius 3 is 1.65 bits per heavy atom. The standard InChI is InChI=1S/C88H100F8N4O7/c1-14-18-23-56(16-3)43-62-25-22-28-66-70(46-71-68-45-61(33-39-74(68)97-80(71)78(62)66)77(102)42-54(6)49-84(11,12)13)79(99-107-55(7)101)58-29-35-63(36-30-58)105-51-85(89,90)87(93,94)88(95,96)86(91,92)52-106-64-37-31-59(32-38-64)82(103)73-47-72-69-44-60(75(98-104)41-53(5)48-83(8,9)10)34-40-76(69)100(50-57(17-4)24-19-15-2)81(72)67-27-21-20-26-65(67)73/h20-22,25-40,44-47,53-54,56-57,97,104H,14-19,23-24,41-43,48-52H2,1-13H3. The zero-order valence-electron chi connectivity index (χ0n) is 63.7. The molecule has 570 valence electrons. The molecule has 4 unspecified atom stereocenters. The van der Waals surface area contributed by atoms with E-state index in [1.807, 2.05) is 66.7 Å². The van der Waals surface area contributed by atoms with Crippen LogP contribution in [0.3, 0.4) is 0 Å². The Balaban J connectivity index is 0.888. The molecule has 0 spiro atoms. The predicted molar refractivity (Wildman–Crippen MR) is 413 cm³/mol. The van der Waals surface area contributed by atoms with Crippen LogP contribution < -0.4 is 9.47 Å². The second kappa shape index (κ2) is 32.8. The van der Waals surface area contributed by atoms with E-state index in [0.717, 1.165) is 150 Å². The lowest BCUT2D eigenvalue weighted by atomic mass is 9.82. The number of ketones is 2. The molecule has 0 saturated heterocycles. The maximum atomic E-state index is 15.7. The Hall–Kier alpha value is -9.13. The zero-order valence-corrected chi connectivity index (χ0v) is 63.7. The minimum atomic E-state index is -6.73. The van der Waals surface area contributed by atoms with Crippen LogP contribution in [0.4, 0.5) is 35.1 Å². The van der Waals surface area contributed by atoms with Crippen LogP contribution in [0.5, 0.6) is 11.5 Å². The normalized spacial score (nSPS) is 14.4. The first kappa shape index (κ1) is 80.4. The number of hydrogen-bond acceptors (Lipinski definition) is 9. The maximum absolute atomic E-state index is 15.7. The number of aromatic amines is 1. The summed E-state index contributed by atoms with van der Waals surface area (Å²) in [6.45, 7) is 22.5. The largest absolute Gasteiger partial charge is 0.487 e. The maximum Gasteiger partial charge on any atom is 0.381 e. The molecule has 107 heavy (non-hydrogen) atoms. The van der Waals surface area contributed by atoms with Gasteiger partial charge in [0.05, 0.1) is 16.7 Å². The molecule has 0 saturated carbocycles. The van der Waals surface area contributed by atoms with Crippen molar-refractivity contribution in [2.75, 3.05) is 13.2 Å². The number of carbonyl (C=O) groups is 3. The van der Waals surface area contributed by atoms with Gasteiger partial charge in [0.25, 0.3) is 0 Å². The molecule has 0 aliphatic heterocycles. The summed E-state index contributed by atoms with van der Waals surface area (Å²) in [5, 5.41) is 24.4. The van der Waals surface area contributed by atoms with E-state index in [4.69, 9.17) is 14.3 Å². The van der Waals surface area contributed by atoms with Crippen molar-refractivity contribution in [2.24, 2.45) is 44.8 Å². The Bertz CT molecular complexity index is 4930. The second-order valence-electron chi connectivity index (χ2n) is 32.0. The molecule has 8 aromatic carbocycles. The fraction of sp³-hybridized carbons (Fsp3) is 0.443. The van der Waals surface area contributed by atoms with Gasteiger partial charge >= 0.3 is 29.7 Å². The number of halogens is 8. The van der Waals surface area contributed by atoms with Gasteiger partial charge in [-0.2, -0.15) is 35.1 Å². The highest BCUT2D eigenvalue weighted by atomic mass is 19.4. The lowest BCUT2D eigenvalue weighted by molar-refractivity contribution is -0.371. The number of alkyl halides is 8. The number of Topliss-reactive ketones (excluding diaryl/α,β-unsaturated/α-hetero) is 1. The molecule has 0 amide bonds. The molecule has 0 radical (unpaired) electrons. The van der Waals surface area contributed by atoms with Crippen molar-refractivity contribution < 1.29 is 69.0 Å². The highest BCUT2D eigenvalue weighted by molar-refractivity contribution is 6.29. The average molecular weight is 1480 g/mol. The summed E-state index contributed by atoms with van der Waals surface area (Å²) in [5.41, 5.74) is 7.15. The van der Waals surface area contributed by atoms with Gasteiger partial charge in [-0.1, -0.05) is 187 Å². The van der Waals surface area contributed by atoms with Crippen molar-refractivity contribution in [1.82, 2.24) is 9.55 Å². The number of rotatable bonds is 34. The van der Waals surface area contributed by atoms with Gasteiger partial charge in [0.15, 0.2) is 24.8 Å². The molecule has 0 bridgehead atoms. The molecule has 0 aliphatic carbocycles. The number of benzene rings is 8. The van der Waals surface area contributed by atoms with E-state index < -0.39 is 60.2 Å². The van der Waals surface area contributed by atoms with Gasteiger partial charge in [-0.05, 0) is 174 Å². The monoisotopic (exact) mass is 1480 g/mol. The number of oxime groups is 2. The summed E-state index contributed by atoms with van der Waals surface area (Å²) >= 11 is 0. The molecule has 11 nitrogen and oxygen atoms in total. The van der Waals surface area contributed by atoms with E-state index in [2.05, 4.69) is 109 Å². The predicted octanol–water partition coefficient (Wildman–Crippen LogP) is 24.5. The number of unbranched alkanes of at least 4 members (excludes halogenated alkanes) is 2. The Morgan fingerprint density at radius 1 is 0.551 bits per heavy atom. The summed E-state index contributed by atoms with van der Waals surface area (Å²) in [6, 6.07) is 37.6. The number of ether oxygens (including phenoxy) is 2.